The highest BCUT2D eigenvalue weighted by molar-refractivity contribution is 5.07. The fraction of sp³-hybridized carbons (Fsp3) is 0.733. The molecule has 0 amide bonds. The van der Waals surface area contributed by atoms with E-state index in [1.165, 1.54) is 6.42 Å². The molecule has 1 aromatic rings. The molecule has 1 atom stereocenters. The molecule has 1 unspecified atom stereocenters. The molecule has 0 bridgehead atoms. The van der Waals surface area contributed by atoms with Gasteiger partial charge in [-0.25, -0.2) is 0 Å². The molecular weight excluding hydrogens is 224 g/mol. The molecule has 0 spiro atoms. The van der Waals surface area contributed by atoms with Gasteiger partial charge >= 0.3 is 0 Å². The molecule has 0 radical (unpaired) electrons. The normalized spacial score (nSPS) is 13.2. The molecule has 104 valence electrons. The van der Waals surface area contributed by atoms with Crippen LogP contribution in [0.2, 0.25) is 0 Å². The molecule has 0 aliphatic rings. The predicted molar refractivity (Wildman–Crippen MR) is 76.5 cm³/mol. The quantitative estimate of drug-likeness (QED) is 0.683. The summed E-state index contributed by atoms with van der Waals surface area (Å²) < 4.78 is 5.85. The van der Waals surface area contributed by atoms with E-state index < -0.39 is 0 Å². The zero-order valence-electron chi connectivity index (χ0n) is 12.3. The van der Waals surface area contributed by atoms with Gasteiger partial charge in [0, 0.05) is 6.04 Å². The molecule has 1 N–H and O–H groups in total. The molecule has 3 nitrogen and oxygen atoms in total. The predicted octanol–water partition coefficient (Wildman–Crippen LogP) is 3.40. The Morgan fingerprint density at radius 2 is 1.94 bits per heavy atom. The number of nitrogens with one attached hydrogen (secondary N) is 1. The van der Waals surface area contributed by atoms with Crippen LogP contribution >= 0.6 is 0 Å². The summed E-state index contributed by atoms with van der Waals surface area (Å²) in [6.45, 7) is 12.8. The molecular formula is C15H28N2O. The zero-order chi connectivity index (χ0) is 13.4. The van der Waals surface area contributed by atoms with Crippen LogP contribution in [0.1, 0.15) is 52.1 Å². The summed E-state index contributed by atoms with van der Waals surface area (Å²) >= 11 is 0. The lowest BCUT2D eigenvalue weighted by Gasteiger charge is -2.25. The number of hydrogen-bond donors (Lipinski definition) is 1. The first-order valence-electron chi connectivity index (χ1n) is 7.23. The standard InChI is InChI=1S/C15H28N2O/c1-5-10-16-11-14-8-9-15(18-14)12-17(7-3)13(4)6-2/h8-9,13,16H,5-7,10-12H2,1-4H3. The van der Waals surface area contributed by atoms with Crippen LogP contribution in [0.3, 0.4) is 0 Å². The van der Waals surface area contributed by atoms with E-state index in [2.05, 4.69) is 50.0 Å². The van der Waals surface area contributed by atoms with Crippen LogP contribution in [0.25, 0.3) is 0 Å². The van der Waals surface area contributed by atoms with Gasteiger partial charge in [0.25, 0.3) is 0 Å². The van der Waals surface area contributed by atoms with Gasteiger partial charge in [0.05, 0.1) is 13.1 Å². The Labute approximate surface area is 112 Å². The van der Waals surface area contributed by atoms with E-state index in [1.807, 2.05) is 0 Å². The van der Waals surface area contributed by atoms with Gasteiger partial charge in [0.1, 0.15) is 11.5 Å². The van der Waals surface area contributed by atoms with Crippen molar-refractivity contribution in [1.82, 2.24) is 10.2 Å². The van der Waals surface area contributed by atoms with Gasteiger partial charge in [-0.3, -0.25) is 4.90 Å². The van der Waals surface area contributed by atoms with Crippen LogP contribution in [-0.2, 0) is 13.1 Å². The number of hydrogen-bond acceptors (Lipinski definition) is 3. The first-order valence-corrected chi connectivity index (χ1v) is 7.23. The van der Waals surface area contributed by atoms with Gasteiger partial charge in [0.2, 0.25) is 0 Å². The summed E-state index contributed by atoms with van der Waals surface area (Å²) in [6, 6.07) is 4.80. The van der Waals surface area contributed by atoms with Crippen molar-refractivity contribution in [3.05, 3.63) is 23.7 Å². The Morgan fingerprint density at radius 1 is 1.22 bits per heavy atom. The average molecular weight is 252 g/mol. The minimum Gasteiger partial charge on any atom is -0.463 e. The molecule has 0 fully saturated rings. The minimum atomic E-state index is 0.613. The van der Waals surface area contributed by atoms with Gasteiger partial charge < -0.3 is 9.73 Å². The number of furan rings is 1. The van der Waals surface area contributed by atoms with Crippen LogP contribution in [0, 0.1) is 0 Å². The van der Waals surface area contributed by atoms with Gasteiger partial charge in [-0.1, -0.05) is 20.8 Å². The van der Waals surface area contributed by atoms with Gasteiger partial charge in [-0.2, -0.15) is 0 Å². The lowest BCUT2D eigenvalue weighted by molar-refractivity contribution is 0.189. The molecule has 1 rings (SSSR count). The molecule has 1 aromatic heterocycles. The maximum atomic E-state index is 5.85. The lowest BCUT2D eigenvalue weighted by Crippen LogP contribution is -2.31. The summed E-state index contributed by atoms with van der Waals surface area (Å²) in [5, 5.41) is 3.36. The fourth-order valence-corrected chi connectivity index (χ4v) is 2.03. The van der Waals surface area contributed by atoms with Crippen molar-refractivity contribution < 1.29 is 4.42 Å². The van der Waals surface area contributed by atoms with Crippen molar-refractivity contribution in [2.45, 2.75) is 59.7 Å². The summed E-state index contributed by atoms with van der Waals surface area (Å²) in [4.78, 5) is 2.45. The van der Waals surface area contributed by atoms with E-state index >= 15 is 0 Å². The third kappa shape index (κ3) is 4.83. The molecule has 1 heterocycles. The minimum absolute atomic E-state index is 0.613. The number of nitrogens with zero attached hydrogens (tertiary/aromatic N) is 1. The highest BCUT2D eigenvalue weighted by Gasteiger charge is 2.12. The maximum absolute atomic E-state index is 5.85. The third-order valence-corrected chi connectivity index (χ3v) is 3.42. The van der Waals surface area contributed by atoms with Crippen LogP contribution in [0.15, 0.2) is 16.5 Å². The largest absolute Gasteiger partial charge is 0.463 e. The van der Waals surface area contributed by atoms with Crippen molar-refractivity contribution in [3.8, 4) is 0 Å². The van der Waals surface area contributed by atoms with Crippen LogP contribution in [0.4, 0.5) is 0 Å². The Hall–Kier alpha value is -0.800. The maximum Gasteiger partial charge on any atom is 0.118 e. The van der Waals surface area contributed by atoms with Crippen LogP contribution in [0.5, 0.6) is 0 Å². The molecule has 0 aliphatic carbocycles. The highest BCUT2D eigenvalue weighted by atomic mass is 16.3. The van der Waals surface area contributed by atoms with Gasteiger partial charge in [-0.05, 0) is 45.0 Å². The second kappa shape index (κ2) is 8.33. The zero-order valence-corrected chi connectivity index (χ0v) is 12.3. The van der Waals surface area contributed by atoms with E-state index in [0.717, 1.165) is 44.1 Å². The monoisotopic (exact) mass is 252 g/mol. The van der Waals surface area contributed by atoms with E-state index in [1.54, 1.807) is 0 Å². The summed E-state index contributed by atoms with van der Waals surface area (Å²) in [5.74, 6) is 2.11. The Balaban J connectivity index is 2.46. The smallest absolute Gasteiger partial charge is 0.118 e. The molecule has 0 aromatic carbocycles. The van der Waals surface area contributed by atoms with Crippen molar-refractivity contribution in [2.75, 3.05) is 13.1 Å². The third-order valence-electron chi connectivity index (χ3n) is 3.42. The van der Waals surface area contributed by atoms with Crippen molar-refractivity contribution in [2.24, 2.45) is 0 Å². The molecule has 3 heteroatoms. The highest BCUT2D eigenvalue weighted by Crippen LogP contribution is 2.13. The number of rotatable bonds is 9. The van der Waals surface area contributed by atoms with Crippen LogP contribution < -0.4 is 5.32 Å². The van der Waals surface area contributed by atoms with Gasteiger partial charge in [0.15, 0.2) is 0 Å². The first kappa shape index (κ1) is 15.3. The molecule has 18 heavy (non-hydrogen) atoms. The topological polar surface area (TPSA) is 28.4 Å². The van der Waals surface area contributed by atoms with Crippen molar-refractivity contribution in [3.63, 3.8) is 0 Å². The Morgan fingerprint density at radius 3 is 2.56 bits per heavy atom. The lowest BCUT2D eigenvalue weighted by atomic mass is 10.2. The van der Waals surface area contributed by atoms with Crippen molar-refractivity contribution in [1.29, 1.82) is 0 Å². The second-order valence-electron chi connectivity index (χ2n) is 4.87. The summed E-state index contributed by atoms with van der Waals surface area (Å²) in [5.41, 5.74) is 0. The summed E-state index contributed by atoms with van der Waals surface area (Å²) in [6.07, 6.45) is 2.34. The molecule has 0 aliphatic heterocycles. The summed E-state index contributed by atoms with van der Waals surface area (Å²) in [7, 11) is 0. The molecule has 0 saturated heterocycles. The van der Waals surface area contributed by atoms with Crippen molar-refractivity contribution >= 4 is 0 Å². The second-order valence-corrected chi connectivity index (χ2v) is 4.87. The van der Waals surface area contributed by atoms with Gasteiger partial charge in [-0.15, -0.1) is 0 Å². The first-order chi connectivity index (χ1) is 8.71. The molecule has 0 saturated carbocycles. The van der Waals surface area contributed by atoms with E-state index in [9.17, 15) is 0 Å². The fourth-order valence-electron chi connectivity index (χ4n) is 2.03. The van der Waals surface area contributed by atoms with Crippen LogP contribution in [-0.4, -0.2) is 24.0 Å². The van der Waals surface area contributed by atoms with E-state index in [0.29, 0.717) is 6.04 Å². The van der Waals surface area contributed by atoms with E-state index in [4.69, 9.17) is 4.42 Å². The Kier molecular flexibility index (Phi) is 7.06. The van der Waals surface area contributed by atoms with E-state index in [-0.39, 0.29) is 0 Å². The average Bonchev–Trinajstić information content (AvgIpc) is 2.83. The SMILES string of the molecule is CCCNCc1ccc(CN(CC)C(C)CC)o1. The Bertz CT molecular complexity index is 322.